The van der Waals surface area contributed by atoms with E-state index in [1.807, 2.05) is 30.3 Å². The van der Waals surface area contributed by atoms with Gasteiger partial charge in [-0.3, -0.25) is 0 Å². The normalized spacial score (nSPS) is 11.4. The molecule has 0 bridgehead atoms. The first-order valence-electron chi connectivity index (χ1n) is 6.75. The molecule has 0 unspecified atom stereocenters. The van der Waals surface area contributed by atoms with E-state index in [1.165, 1.54) is 12.1 Å². The fourth-order valence-electron chi connectivity index (χ4n) is 2.31. The van der Waals surface area contributed by atoms with Crippen molar-refractivity contribution in [3.05, 3.63) is 78.4 Å². The summed E-state index contributed by atoms with van der Waals surface area (Å²) < 4.78 is 39.4. The van der Waals surface area contributed by atoms with Crippen LogP contribution in [0.15, 0.2) is 72.8 Å². The number of halogens is 3. The lowest BCUT2D eigenvalue weighted by atomic mass is 10.0. The van der Waals surface area contributed by atoms with Crippen LogP contribution in [0.1, 0.15) is 5.56 Å². The van der Waals surface area contributed by atoms with Gasteiger partial charge >= 0.3 is 6.18 Å². The number of pyridine rings is 1. The van der Waals surface area contributed by atoms with Crippen molar-refractivity contribution in [1.29, 1.82) is 0 Å². The van der Waals surface area contributed by atoms with Crippen LogP contribution >= 0.6 is 0 Å². The maximum Gasteiger partial charge on any atom is 0.417 e. The third kappa shape index (κ3) is 2.86. The zero-order valence-electron chi connectivity index (χ0n) is 11.5. The molecule has 1 heterocycles. The quantitative estimate of drug-likeness (QED) is 0.614. The van der Waals surface area contributed by atoms with Crippen LogP contribution in [-0.2, 0) is 6.18 Å². The third-order valence-electron chi connectivity index (χ3n) is 3.33. The fourth-order valence-corrected chi connectivity index (χ4v) is 2.31. The van der Waals surface area contributed by atoms with Gasteiger partial charge in [0.15, 0.2) is 0 Å². The van der Waals surface area contributed by atoms with E-state index in [9.17, 15) is 13.2 Å². The zero-order chi connectivity index (χ0) is 15.6. The van der Waals surface area contributed by atoms with Crippen molar-refractivity contribution in [2.45, 2.75) is 6.18 Å². The summed E-state index contributed by atoms with van der Waals surface area (Å²) in [6, 6.07) is 20.0. The predicted octanol–water partition coefficient (Wildman–Crippen LogP) is 5.43. The maximum atomic E-state index is 13.1. The van der Waals surface area contributed by atoms with Gasteiger partial charge in [0.25, 0.3) is 0 Å². The van der Waals surface area contributed by atoms with E-state index >= 15 is 0 Å². The molecule has 4 heteroatoms. The Hall–Kier alpha value is -2.62. The number of benzene rings is 2. The molecule has 0 amide bonds. The van der Waals surface area contributed by atoms with E-state index in [4.69, 9.17) is 0 Å². The molecule has 0 saturated heterocycles. The summed E-state index contributed by atoms with van der Waals surface area (Å²) >= 11 is 0. The van der Waals surface area contributed by atoms with Crippen LogP contribution in [0.4, 0.5) is 13.2 Å². The Kier molecular flexibility index (Phi) is 3.67. The fraction of sp³-hybridized carbons (Fsp3) is 0.0556. The number of alkyl halides is 3. The van der Waals surface area contributed by atoms with Crippen molar-refractivity contribution in [3.8, 4) is 22.5 Å². The summed E-state index contributed by atoms with van der Waals surface area (Å²) in [5.74, 6) is 0. The Morgan fingerprint density at radius 1 is 0.636 bits per heavy atom. The number of rotatable bonds is 2. The largest absolute Gasteiger partial charge is 0.417 e. The summed E-state index contributed by atoms with van der Waals surface area (Å²) in [6.07, 6.45) is -4.40. The molecule has 2 aromatic carbocycles. The minimum Gasteiger partial charge on any atom is -0.248 e. The second-order valence-electron chi connectivity index (χ2n) is 4.82. The molecule has 0 fully saturated rings. The molecule has 110 valence electrons. The molecule has 3 rings (SSSR count). The van der Waals surface area contributed by atoms with Gasteiger partial charge in [-0.25, -0.2) is 4.98 Å². The molecule has 0 spiro atoms. The van der Waals surface area contributed by atoms with Crippen molar-refractivity contribution in [2.75, 3.05) is 0 Å². The Morgan fingerprint density at radius 2 is 1.27 bits per heavy atom. The molecule has 0 N–H and O–H groups in total. The third-order valence-corrected chi connectivity index (χ3v) is 3.33. The number of nitrogens with zero attached hydrogens (tertiary/aromatic N) is 1. The van der Waals surface area contributed by atoms with Gasteiger partial charge in [-0.2, -0.15) is 13.2 Å². The molecule has 1 aromatic heterocycles. The van der Waals surface area contributed by atoms with E-state index in [1.54, 1.807) is 24.3 Å². The monoisotopic (exact) mass is 299 g/mol. The smallest absolute Gasteiger partial charge is 0.248 e. The summed E-state index contributed by atoms with van der Waals surface area (Å²) in [7, 11) is 0. The molecule has 0 aliphatic carbocycles. The lowest BCUT2D eigenvalue weighted by Gasteiger charge is -2.13. The molecular weight excluding hydrogens is 287 g/mol. The summed E-state index contributed by atoms with van der Waals surface area (Å²) in [5, 5.41) is 0. The van der Waals surface area contributed by atoms with Crippen molar-refractivity contribution < 1.29 is 13.2 Å². The average molecular weight is 299 g/mol. The van der Waals surface area contributed by atoms with Gasteiger partial charge in [0.05, 0.1) is 17.0 Å². The van der Waals surface area contributed by atoms with Crippen LogP contribution in [0.2, 0.25) is 0 Å². The molecule has 22 heavy (non-hydrogen) atoms. The van der Waals surface area contributed by atoms with E-state index in [-0.39, 0.29) is 5.56 Å². The molecule has 0 saturated carbocycles. The summed E-state index contributed by atoms with van der Waals surface area (Å²) in [4.78, 5) is 4.39. The first-order valence-corrected chi connectivity index (χ1v) is 6.75. The van der Waals surface area contributed by atoms with Gasteiger partial charge in [-0.1, -0.05) is 54.6 Å². The van der Waals surface area contributed by atoms with Crippen LogP contribution in [0.5, 0.6) is 0 Å². The molecule has 0 radical (unpaired) electrons. The summed E-state index contributed by atoms with van der Waals surface area (Å²) in [6.45, 7) is 0. The number of hydrogen-bond donors (Lipinski definition) is 0. The molecule has 0 atom stereocenters. The van der Waals surface area contributed by atoms with Gasteiger partial charge in [-0.05, 0) is 18.2 Å². The second kappa shape index (κ2) is 5.64. The minimum atomic E-state index is -4.40. The first-order chi connectivity index (χ1) is 10.6. The Morgan fingerprint density at radius 3 is 2.00 bits per heavy atom. The molecular formula is C18H12F3N. The van der Waals surface area contributed by atoms with E-state index < -0.39 is 11.7 Å². The highest BCUT2D eigenvalue weighted by molar-refractivity contribution is 5.68. The van der Waals surface area contributed by atoms with Crippen LogP contribution in [0, 0.1) is 0 Å². The van der Waals surface area contributed by atoms with Crippen LogP contribution in [0.25, 0.3) is 22.5 Å². The Balaban J connectivity index is 2.11. The van der Waals surface area contributed by atoms with Gasteiger partial charge in [0.1, 0.15) is 0 Å². The van der Waals surface area contributed by atoms with Crippen molar-refractivity contribution in [3.63, 3.8) is 0 Å². The van der Waals surface area contributed by atoms with Crippen LogP contribution in [-0.4, -0.2) is 4.98 Å². The SMILES string of the molecule is FC(F)(F)c1ccccc1-c1cccc(-c2ccccc2)n1. The van der Waals surface area contributed by atoms with Gasteiger partial charge in [-0.15, -0.1) is 0 Å². The Labute approximate surface area is 126 Å². The number of aromatic nitrogens is 1. The molecule has 3 aromatic rings. The maximum absolute atomic E-state index is 13.1. The molecule has 0 aliphatic rings. The van der Waals surface area contributed by atoms with Crippen molar-refractivity contribution >= 4 is 0 Å². The highest BCUT2D eigenvalue weighted by atomic mass is 19.4. The van der Waals surface area contributed by atoms with E-state index in [0.29, 0.717) is 11.4 Å². The lowest BCUT2D eigenvalue weighted by molar-refractivity contribution is -0.137. The first kappa shape index (κ1) is 14.3. The topological polar surface area (TPSA) is 12.9 Å². The average Bonchev–Trinajstić information content (AvgIpc) is 2.55. The number of hydrogen-bond acceptors (Lipinski definition) is 1. The van der Waals surface area contributed by atoms with Crippen molar-refractivity contribution in [2.24, 2.45) is 0 Å². The van der Waals surface area contributed by atoms with Gasteiger partial charge in [0.2, 0.25) is 0 Å². The van der Waals surface area contributed by atoms with Gasteiger partial charge in [0, 0.05) is 11.1 Å². The molecule has 0 aliphatic heterocycles. The summed E-state index contributed by atoms with van der Waals surface area (Å²) in [5.41, 5.74) is 1.25. The van der Waals surface area contributed by atoms with Gasteiger partial charge < -0.3 is 0 Å². The van der Waals surface area contributed by atoms with Crippen LogP contribution in [0.3, 0.4) is 0 Å². The lowest BCUT2D eigenvalue weighted by Crippen LogP contribution is -2.07. The molecule has 1 nitrogen and oxygen atoms in total. The highest BCUT2D eigenvalue weighted by Gasteiger charge is 2.33. The van der Waals surface area contributed by atoms with Crippen molar-refractivity contribution in [1.82, 2.24) is 4.98 Å². The highest BCUT2D eigenvalue weighted by Crippen LogP contribution is 2.36. The van der Waals surface area contributed by atoms with Crippen LogP contribution < -0.4 is 0 Å². The minimum absolute atomic E-state index is 0.0905. The van der Waals surface area contributed by atoms with E-state index in [0.717, 1.165) is 11.6 Å². The second-order valence-corrected chi connectivity index (χ2v) is 4.82. The standard InChI is InChI=1S/C18H12F3N/c19-18(20,21)15-10-5-4-9-14(15)17-12-6-11-16(22-17)13-7-2-1-3-8-13/h1-12H. The van der Waals surface area contributed by atoms with E-state index in [2.05, 4.69) is 4.98 Å². The zero-order valence-corrected chi connectivity index (χ0v) is 11.5. The Bertz CT molecular complexity index is 780. The predicted molar refractivity (Wildman–Crippen MR) is 80.1 cm³/mol.